The molecule has 0 amide bonds. The summed E-state index contributed by atoms with van der Waals surface area (Å²) in [7, 11) is 0. The van der Waals surface area contributed by atoms with E-state index in [-0.39, 0.29) is 11.1 Å². The zero-order valence-electron chi connectivity index (χ0n) is 12.4. The molecule has 120 valence electrons. The Hall–Kier alpha value is -2.56. The lowest BCUT2D eigenvalue weighted by atomic mass is 9.96. The van der Waals surface area contributed by atoms with E-state index in [1.165, 1.54) is 25.1 Å². The van der Waals surface area contributed by atoms with Crippen LogP contribution in [0.2, 0.25) is 0 Å². The Labute approximate surface area is 132 Å². The minimum atomic E-state index is -4.54. The number of hydrogen-bond acceptors (Lipinski definition) is 2. The first-order chi connectivity index (χ1) is 10.8. The predicted molar refractivity (Wildman–Crippen MR) is 80.6 cm³/mol. The van der Waals surface area contributed by atoms with Crippen LogP contribution >= 0.6 is 0 Å². The molecule has 1 unspecified atom stereocenters. The molecule has 2 nitrogen and oxygen atoms in total. The second-order valence-electron chi connectivity index (χ2n) is 5.06. The van der Waals surface area contributed by atoms with E-state index in [0.717, 1.165) is 6.07 Å². The molecule has 0 aliphatic heterocycles. The first kappa shape index (κ1) is 16.8. The second kappa shape index (κ2) is 6.69. The van der Waals surface area contributed by atoms with Gasteiger partial charge < -0.3 is 4.74 Å². The van der Waals surface area contributed by atoms with E-state index in [2.05, 4.69) is 6.58 Å². The van der Waals surface area contributed by atoms with Crippen LogP contribution in [0, 0.1) is 0 Å². The lowest BCUT2D eigenvalue weighted by molar-refractivity contribution is -0.146. The van der Waals surface area contributed by atoms with E-state index in [4.69, 9.17) is 4.74 Å². The van der Waals surface area contributed by atoms with E-state index >= 15 is 0 Å². The van der Waals surface area contributed by atoms with Crippen LogP contribution in [0.3, 0.4) is 0 Å². The lowest BCUT2D eigenvalue weighted by Crippen LogP contribution is -2.18. The molecule has 0 aromatic heterocycles. The van der Waals surface area contributed by atoms with Gasteiger partial charge in [0.05, 0.1) is 5.56 Å². The summed E-state index contributed by atoms with van der Waals surface area (Å²) < 4.78 is 45.1. The second-order valence-corrected chi connectivity index (χ2v) is 5.06. The largest absolute Gasteiger partial charge is 0.449 e. The van der Waals surface area contributed by atoms with E-state index in [9.17, 15) is 18.0 Å². The number of alkyl halides is 3. The maximum absolute atomic E-state index is 13.3. The molecular weight excluding hydrogens is 305 g/mol. The highest BCUT2D eigenvalue weighted by molar-refractivity contribution is 5.87. The Bertz CT molecular complexity index is 706. The van der Waals surface area contributed by atoms with Crippen LogP contribution < -0.4 is 0 Å². The highest BCUT2D eigenvalue weighted by Gasteiger charge is 2.36. The van der Waals surface area contributed by atoms with Gasteiger partial charge in [0.25, 0.3) is 0 Å². The first-order valence-corrected chi connectivity index (χ1v) is 6.88. The van der Waals surface area contributed by atoms with E-state index < -0.39 is 23.8 Å². The average molecular weight is 320 g/mol. The maximum Gasteiger partial charge on any atom is 0.416 e. The summed E-state index contributed by atoms with van der Waals surface area (Å²) in [5.41, 5.74) is -0.363. The Kier molecular flexibility index (Phi) is 4.89. The van der Waals surface area contributed by atoms with Gasteiger partial charge in [-0.1, -0.05) is 55.1 Å². The van der Waals surface area contributed by atoms with Crippen LogP contribution in [0.25, 0.3) is 0 Å². The van der Waals surface area contributed by atoms with Gasteiger partial charge in [-0.3, -0.25) is 0 Å². The Balaban J connectivity index is 2.55. The van der Waals surface area contributed by atoms with E-state index in [1.54, 1.807) is 30.3 Å². The number of ether oxygens (including phenoxy) is 1. The summed E-state index contributed by atoms with van der Waals surface area (Å²) in [6.07, 6.45) is -5.70. The van der Waals surface area contributed by atoms with Gasteiger partial charge in [0, 0.05) is 11.1 Å². The molecule has 0 N–H and O–H groups in total. The van der Waals surface area contributed by atoms with Gasteiger partial charge in [0.15, 0.2) is 6.10 Å². The topological polar surface area (TPSA) is 26.3 Å². The SMILES string of the molecule is C=C(C)C(=O)OC(c1ccccc1)c1ccccc1C(F)(F)F. The molecule has 0 aliphatic carbocycles. The minimum absolute atomic E-state index is 0.110. The van der Waals surface area contributed by atoms with Crippen molar-refractivity contribution in [2.24, 2.45) is 0 Å². The number of hydrogen-bond donors (Lipinski definition) is 0. The standard InChI is InChI=1S/C18H15F3O2/c1-12(2)17(22)23-16(13-8-4-3-5-9-13)14-10-6-7-11-15(14)18(19,20)21/h3-11,16H,1H2,2H3. The van der Waals surface area contributed by atoms with Gasteiger partial charge in [0.2, 0.25) is 0 Å². The number of esters is 1. The van der Waals surface area contributed by atoms with Crippen molar-refractivity contribution in [1.82, 2.24) is 0 Å². The highest BCUT2D eigenvalue weighted by Crippen LogP contribution is 2.38. The molecule has 2 aromatic carbocycles. The molecular formula is C18H15F3O2. The fraction of sp³-hybridized carbons (Fsp3) is 0.167. The number of halogens is 3. The molecule has 5 heteroatoms. The monoisotopic (exact) mass is 320 g/mol. The van der Waals surface area contributed by atoms with Crippen LogP contribution in [0.15, 0.2) is 66.7 Å². The fourth-order valence-electron chi connectivity index (χ4n) is 2.13. The number of benzene rings is 2. The molecule has 0 radical (unpaired) electrons. The summed E-state index contributed by atoms with van der Waals surface area (Å²) in [6.45, 7) is 4.91. The normalized spacial score (nSPS) is 12.5. The van der Waals surface area contributed by atoms with Crippen molar-refractivity contribution >= 4 is 5.97 Å². The minimum Gasteiger partial charge on any atom is -0.449 e. The third-order valence-electron chi connectivity index (χ3n) is 3.22. The van der Waals surface area contributed by atoms with Crippen molar-refractivity contribution in [2.75, 3.05) is 0 Å². The average Bonchev–Trinajstić information content (AvgIpc) is 2.52. The van der Waals surface area contributed by atoms with Gasteiger partial charge in [-0.25, -0.2) is 4.79 Å². The van der Waals surface area contributed by atoms with Crippen molar-refractivity contribution < 1.29 is 22.7 Å². The molecule has 0 spiro atoms. The summed E-state index contributed by atoms with van der Waals surface area (Å²) >= 11 is 0. The molecule has 2 rings (SSSR count). The zero-order chi connectivity index (χ0) is 17.0. The lowest BCUT2D eigenvalue weighted by Gasteiger charge is -2.22. The van der Waals surface area contributed by atoms with Gasteiger partial charge >= 0.3 is 12.1 Å². The van der Waals surface area contributed by atoms with Crippen LogP contribution in [-0.2, 0) is 15.7 Å². The molecule has 0 saturated carbocycles. The number of carbonyl (C=O) groups is 1. The molecule has 2 aromatic rings. The van der Waals surface area contributed by atoms with Crippen molar-refractivity contribution in [1.29, 1.82) is 0 Å². The molecule has 0 bridgehead atoms. The van der Waals surface area contributed by atoms with Crippen molar-refractivity contribution in [3.8, 4) is 0 Å². The van der Waals surface area contributed by atoms with Crippen LogP contribution in [0.1, 0.15) is 29.7 Å². The highest BCUT2D eigenvalue weighted by atomic mass is 19.4. The molecule has 0 saturated heterocycles. The Morgan fingerprint density at radius 1 is 1.04 bits per heavy atom. The zero-order valence-corrected chi connectivity index (χ0v) is 12.4. The molecule has 23 heavy (non-hydrogen) atoms. The Morgan fingerprint density at radius 2 is 1.61 bits per heavy atom. The fourth-order valence-corrected chi connectivity index (χ4v) is 2.13. The van der Waals surface area contributed by atoms with Crippen molar-refractivity contribution in [2.45, 2.75) is 19.2 Å². The summed E-state index contributed by atoms with van der Waals surface area (Å²) in [5.74, 6) is -0.740. The quantitative estimate of drug-likeness (QED) is 0.591. The summed E-state index contributed by atoms with van der Waals surface area (Å²) in [4.78, 5) is 11.9. The Morgan fingerprint density at radius 3 is 2.17 bits per heavy atom. The molecule has 1 atom stereocenters. The third-order valence-corrected chi connectivity index (χ3v) is 3.22. The number of rotatable bonds is 4. The van der Waals surface area contributed by atoms with Crippen LogP contribution in [0.5, 0.6) is 0 Å². The summed E-state index contributed by atoms with van der Waals surface area (Å²) in [5, 5.41) is 0. The molecule has 0 heterocycles. The van der Waals surface area contributed by atoms with Crippen LogP contribution in [-0.4, -0.2) is 5.97 Å². The predicted octanol–water partition coefficient (Wildman–Crippen LogP) is 4.91. The van der Waals surface area contributed by atoms with Crippen molar-refractivity contribution in [3.63, 3.8) is 0 Å². The van der Waals surface area contributed by atoms with Gasteiger partial charge in [-0.2, -0.15) is 13.2 Å². The van der Waals surface area contributed by atoms with Crippen LogP contribution in [0.4, 0.5) is 13.2 Å². The molecule has 0 aliphatic rings. The molecule has 0 fully saturated rings. The van der Waals surface area contributed by atoms with Gasteiger partial charge in [-0.05, 0) is 18.6 Å². The van der Waals surface area contributed by atoms with Crippen molar-refractivity contribution in [3.05, 3.63) is 83.4 Å². The first-order valence-electron chi connectivity index (χ1n) is 6.88. The maximum atomic E-state index is 13.3. The smallest absolute Gasteiger partial charge is 0.416 e. The van der Waals surface area contributed by atoms with Gasteiger partial charge in [-0.15, -0.1) is 0 Å². The number of carbonyl (C=O) groups excluding carboxylic acids is 1. The van der Waals surface area contributed by atoms with Gasteiger partial charge in [0.1, 0.15) is 0 Å². The summed E-state index contributed by atoms with van der Waals surface area (Å²) in [6, 6.07) is 13.4. The third kappa shape index (κ3) is 4.00. The van der Waals surface area contributed by atoms with E-state index in [1.807, 2.05) is 0 Å². The van der Waals surface area contributed by atoms with E-state index in [0.29, 0.717) is 5.56 Å².